The number of carbonyl (C=O) groups excluding carboxylic acids is 1. The summed E-state index contributed by atoms with van der Waals surface area (Å²) in [6.07, 6.45) is 6.54. The minimum absolute atomic E-state index is 0.0983. The van der Waals surface area contributed by atoms with Crippen molar-refractivity contribution < 1.29 is 14.3 Å². The molecule has 1 aliphatic heterocycles. The van der Waals surface area contributed by atoms with Gasteiger partial charge in [-0.2, -0.15) is 0 Å². The van der Waals surface area contributed by atoms with Crippen LogP contribution >= 0.6 is 0 Å². The van der Waals surface area contributed by atoms with Gasteiger partial charge in [-0.1, -0.05) is 26.2 Å². The van der Waals surface area contributed by atoms with Crippen LogP contribution in [0.4, 0.5) is 5.69 Å². The van der Waals surface area contributed by atoms with Gasteiger partial charge in [-0.05, 0) is 63.5 Å². The number of methoxy groups -OCH3 is 1. The van der Waals surface area contributed by atoms with E-state index >= 15 is 0 Å². The smallest absolute Gasteiger partial charge is 0.256 e. The van der Waals surface area contributed by atoms with E-state index in [1.807, 2.05) is 31.2 Å². The number of unbranched alkanes of at least 4 members (excludes halogenated alkanes) is 2. The molecule has 2 rings (SSSR count). The van der Waals surface area contributed by atoms with Gasteiger partial charge in [0.15, 0.2) is 0 Å². The molecule has 0 radical (unpaired) electrons. The normalized spacial score (nSPS) is 17.0. The molecule has 0 spiro atoms. The lowest BCUT2D eigenvalue weighted by Crippen LogP contribution is -2.41. The zero-order valence-corrected chi connectivity index (χ0v) is 16.6. The van der Waals surface area contributed by atoms with Gasteiger partial charge in [0.2, 0.25) is 0 Å². The Morgan fingerprint density at radius 3 is 2.50 bits per heavy atom. The van der Waals surface area contributed by atoms with E-state index in [4.69, 9.17) is 9.47 Å². The Bertz CT molecular complexity index is 541. The Labute approximate surface area is 158 Å². The molecular weight excluding hydrogens is 328 g/mol. The molecule has 1 aromatic rings. The van der Waals surface area contributed by atoms with Crippen LogP contribution in [0.5, 0.6) is 5.75 Å². The van der Waals surface area contributed by atoms with Gasteiger partial charge >= 0.3 is 0 Å². The molecule has 1 N–H and O–H groups in total. The number of ether oxygens (including phenoxy) is 2. The first kappa shape index (κ1) is 20.7. The lowest BCUT2D eigenvalue weighted by molar-refractivity contribution is -0.136. The summed E-state index contributed by atoms with van der Waals surface area (Å²) in [7, 11) is 1.60. The Morgan fingerprint density at radius 1 is 1.19 bits per heavy atom. The number of nitrogens with zero attached hydrogens (tertiary/aromatic N) is 1. The molecule has 1 heterocycles. The lowest BCUT2D eigenvalue weighted by atomic mass is 9.97. The van der Waals surface area contributed by atoms with E-state index in [2.05, 4.69) is 17.1 Å². The molecule has 0 saturated carbocycles. The molecule has 1 amide bonds. The second-order valence-electron chi connectivity index (χ2n) is 7.27. The van der Waals surface area contributed by atoms with Gasteiger partial charge in [0.25, 0.3) is 5.91 Å². The summed E-state index contributed by atoms with van der Waals surface area (Å²) in [4.78, 5) is 15.0. The van der Waals surface area contributed by atoms with E-state index in [1.54, 1.807) is 7.11 Å². The zero-order valence-electron chi connectivity index (χ0n) is 16.6. The predicted molar refractivity (Wildman–Crippen MR) is 106 cm³/mol. The summed E-state index contributed by atoms with van der Waals surface area (Å²) < 4.78 is 11.3. The molecule has 5 heteroatoms. The minimum Gasteiger partial charge on any atom is -0.492 e. The fourth-order valence-corrected chi connectivity index (χ4v) is 3.22. The summed E-state index contributed by atoms with van der Waals surface area (Å²) >= 11 is 0. The molecule has 0 bridgehead atoms. The van der Waals surface area contributed by atoms with Gasteiger partial charge in [0.05, 0.1) is 0 Å². The van der Waals surface area contributed by atoms with E-state index in [-0.39, 0.29) is 5.91 Å². The second kappa shape index (κ2) is 10.5. The fourth-order valence-electron chi connectivity index (χ4n) is 3.22. The Balaban J connectivity index is 1.80. The van der Waals surface area contributed by atoms with Gasteiger partial charge in [0.1, 0.15) is 18.0 Å². The van der Waals surface area contributed by atoms with Gasteiger partial charge in [-0.3, -0.25) is 9.69 Å². The number of hydrogen-bond acceptors (Lipinski definition) is 4. The van der Waals surface area contributed by atoms with Crippen LogP contribution in [0.1, 0.15) is 52.4 Å². The van der Waals surface area contributed by atoms with Gasteiger partial charge in [-0.25, -0.2) is 0 Å². The predicted octanol–water partition coefficient (Wildman–Crippen LogP) is 4.09. The van der Waals surface area contributed by atoms with Crippen LogP contribution in [0.2, 0.25) is 0 Å². The highest BCUT2D eigenvalue weighted by atomic mass is 16.5. The quantitative estimate of drug-likeness (QED) is 0.603. The fraction of sp³-hybridized carbons (Fsp3) is 0.667. The van der Waals surface area contributed by atoms with Crippen LogP contribution in [-0.4, -0.2) is 49.8 Å². The average Bonchev–Trinajstić information content (AvgIpc) is 3.16. The second-order valence-corrected chi connectivity index (χ2v) is 7.27. The Morgan fingerprint density at radius 2 is 1.88 bits per heavy atom. The minimum atomic E-state index is -0.792. The van der Waals surface area contributed by atoms with Crippen molar-refractivity contribution in [3.8, 4) is 5.75 Å². The highest BCUT2D eigenvalue weighted by Gasteiger charge is 2.32. The summed E-state index contributed by atoms with van der Waals surface area (Å²) in [6.45, 7) is 8.05. The van der Waals surface area contributed by atoms with E-state index in [0.717, 1.165) is 43.7 Å². The highest BCUT2D eigenvalue weighted by Crippen LogP contribution is 2.22. The molecule has 0 aliphatic carbocycles. The van der Waals surface area contributed by atoms with Crippen molar-refractivity contribution in [3.05, 3.63) is 24.3 Å². The summed E-state index contributed by atoms with van der Waals surface area (Å²) in [6, 6.07) is 7.57. The van der Waals surface area contributed by atoms with Crippen LogP contribution in [0.3, 0.4) is 0 Å². The first-order valence-electron chi connectivity index (χ1n) is 9.89. The third-order valence-electron chi connectivity index (χ3n) is 5.18. The molecule has 26 heavy (non-hydrogen) atoms. The number of benzene rings is 1. The zero-order chi connectivity index (χ0) is 18.8. The molecule has 5 nitrogen and oxygen atoms in total. The number of rotatable bonds is 11. The van der Waals surface area contributed by atoms with Crippen LogP contribution in [0, 0.1) is 0 Å². The lowest BCUT2D eigenvalue weighted by Gasteiger charge is -2.27. The molecule has 1 fully saturated rings. The van der Waals surface area contributed by atoms with Crippen molar-refractivity contribution in [3.63, 3.8) is 0 Å². The largest absolute Gasteiger partial charge is 0.492 e. The highest BCUT2D eigenvalue weighted by molar-refractivity contribution is 5.97. The van der Waals surface area contributed by atoms with Crippen LogP contribution < -0.4 is 10.1 Å². The van der Waals surface area contributed by atoms with Crippen molar-refractivity contribution in [2.75, 3.05) is 38.7 Å². The number of carbonyl (C=O) groups is 1. The molecule has 1 aromatic carbocycles. The first-order valence-corrected chi connectivity index (χ1v) is 9.89. The third-order valence-corrected chi connectivity index (χ3v) is 5.18. The summed E-state index contributed by atoms with van der Waals surface area (Å²) in [5.41, 5.74) is -0.0271. The van der Waals surface area contributed by atoms with Crippen molar-refractivity contribution in [1.82, 2.24) is 4.90 Å². The molecule has 146 valence electrons. The summed E-state index contributed by atoms with van der Waals surface area (Å²) in [5.74, 6) is 0.735. The Kier molecular flexibility index (Phi) is 8.39. The van der Waals surface area contributed by atoms with Crippen LogP contribution in [0.25, 0.3) is 0 Å². The number of anilines is 1. The molecule has 1 saturated heterocycles. The van der Waals surface area contributed by atoms with E-state index in [0.29, 0.717) is 6.61 Å². The van der Waals surface area contributed by atoms with Crippen molar-refractivity contribution in [2.45, 2.75) is 58.0 Å². The molecule has 1 atom stereocenters. The maximum absolute atomic E-state index is 12.6. The third kappa shape index (κ3) is 6.29. The monoisotopic (exact) mass is 362 g/mol. The molecular formula is C21H34N2O3. The number of hydrogen-bond donors (Lipinski definition) is 1. The van der Waals surface area contributed by atoms with Gasteiger partial charge in [0, 0.05) is 19.3 Å². The average molecular weight is 363 g/mol. The van der Waals surface area contributed by atoms with E-state index < -0.39 is 5.60 Å². The van der Waals surface area contributed by atoms with E-state index in [1.165, 1.54) is 25.9 Å². The van der Waals surface area contributed by atoms with Gasteiger partial charge < -0.3 is 14.8 Å². The number of amides is 1. The molecule has 0 aromatic heterocycles. The summed E-state index contributed by atoms with van der Waals surface area (Å²) in [5, 5.41) is 2.96. The topological polar surface area (TPSA) is 50.8 Å². The number of likely N-dealkylation sites (tertiary alicyclic amines) is 1. The van der Waals surface area contributed by atoms with Crippen LogP contribution in [-0.2, 0) is 9.53 Å². The van der Waals surface area contributed by atoms with E-state index in [9.17, 15) is 4.79 Å². The standard InChI is InChI=1S/C21H34N2O3/c1-4-5-6-13-21(2,25-3)20(24)22-18-9-11-19(12-10-18)26-17-16-23-14-7-8-15-23/h9-12H,4-8,13-17H2,1-3H3,(H,22,24). The molecule has 1 unspecified atom stereocenters. The van der Waals surface area contributed by atoms with Crippen molar-refractivity contribution >= 4 is 11.6 Å². The maximum Gasteiger partial charge on any atom is 0.256 e. The van der Waals surface area contributed by atoms with Gasteiger partial charge in [-0.15, -0.1) is 0 Å². The molecule has 1 aliphatic rings. The Hall–Kier alpha value is -1.59. The number of nitrogens with one attached hydrogen (secondary N) is 1. The van der Waals surface area contributed by atoms with Crippen molar-refractivity contribution in [2.24, 2.45) is 0 Å². The first-order chi connectivity index (χ1) is 12.6. The van der Waals surface area contributed by atoms with Crippen molar-refractivity contribution in [1.29, 1.82) is 0 Å². The SMILES string of the molecule is CCCCCC(C)(OC)C(=O)Nc1ccc(OCCN2CCCC2)cc1. The maximum atomic E-state index is 12.6. The van der Waals surface area contributed by atoms with Crippen LogP contribution in [0.15, 0.2) is 24.3 Å².